The van der Waals surface area contributed by atoms with Gasteiger partial charge in [-0.05, 0) is 335 Å². The van der Waals surface area contributed by atoms with Crippen molar-refractivity contribution in [3.63, 3.8) is 0 Å². The predicted octanol–water partition coefficient (Wildman–Crippen LogP) is -7.32. The molecular weight excluding hydrogens is 1900 g/mol. The van der Waals surface area contributed by atoms with Crippen LogP contribution in [0.3, 0.4) is 0 Å². The summed E-state index contributed by atoms with van der Waals surface area (Å²) >= 11 is 0. The molecule has 0 heterocycles. The third kappa shape index (κ3) is 61.2. The van der Waals surface area contributed by atoms with Crippen molar-refractivity contribution in [2.75, 3.05) is 78.5 Å². The highest BCUT2D eigenvalue weighted by Crippen LogP contribution is 2.18. The predicted molar refractivity (Wildman–Crippen MR) is 537 cm³/mol. The molecule has 0 fully saturated rings. The lowest BCUT2D eigenvalue weighted by molar-refractivity contribution is -0.142. The fourth-order valence-corrected chi connectivity index (χ4v) is 15.2. The van der Waals surface area contributed by atoms with E-state index in [1.54, 1.807) is 0 Å². The summed E-state index contributed by atoms with van der Waals surface area (Å²) in [6.07, 6.45) is 0.536. The molecule has 0 aliphatic heterocycles. The molecule has 0 bridgehead atoms. The minimum atomic E-state index is -1.95. The van der Waals surface area contributed by atoms with Crippen LogP contribution in [-0.4, -0.2) is 319 Å². The zero-order chi connectivity index (χ0) is 109. The Hall–Kier alpha value is -11.1. The highest BCUT2D eigenvalue weighted by Gasteiger charge is 2.40. The Morgan fingerprint density at radius 1 is 0.145 bits per heavy atom. The molecule has 0 rings (SSSR count). The molecule has 0 radical (unpaired) electrons. The quantitative estimate of drug-likeness (QED) is 0.0252. The van der Waals surface area contributed by atoms with Crippen molar-refractivity contribution in [3.05, 3.63) is 0 Å². The van der Waals surface area contributed by atoms with Gasteiger partial charge in [-0.15, -0.1) is 0 Å². The number of nitrogens with two attached hydrogens (primary N) is 13. The minimum Gasteiger partial charge on any atom is -0.481 e. The Bertz CT molecular complexity index is 3890. The molecule has 0 aromatic heterocycles. The summed E-state index contributed by atoms with van der Waals surface area (Å²) in [5.74, 6) is -21.8. The van der Waals surface area contributed by atoms with Gasteiger partial charge >= 0.3 is 29.8 Å². The molecule has 0 aliphatic rings. The lowest BCUT2D eigenvalue weighted by Gasteiger charge is -2.29. The number of carbonyl (C=O) groups is 20. The number of carboxylic acid groups (broad SMARTS) is 5. The molecule has 832 valence electrons. The van der Waals surface area contributed by atoms with Gasteiger partial charge in [0.1, 0.15) is 90.6 Å². The maximum absolute atomic E-state index is 14.9. The van der Waals surface area contributed by atoms with Crippen molar-refractivity contribution in [2.24, 2.45) is 74.5 Å². The van der Waals surface area contributed by atoms with Crippen LogP contribution in [0.2, 0.25) is 0 Å². The normalized spacial score (nSPS) is 14.5. The summed E-state index contributed by atoms with van der Waals surface area (Å²) in [5, 5.41) is 87.9. The van der Waals surface area contributed by atoms with E-state index in [1.807, 2.05) is 0 Å². The molecule has 53 nitrogen and oxygen atoms in total. The van der Waals surface area contributed by atoms with E-state index < -0.39 is 260 Å². The molecule has 145 heavy (non-hydrogen) atoms. The second kappa shape index (κ2) is 82.0. The maximum Gasteiger partial charge on any atom is 0.326 e. The first kappa shape index (κ1) is 134. The van der Waals surface area contributed by atoms with Crippen LogP contribution < -0.4 is 154 Å². The first-order chi connectivity index (χ1) is 69.2. The van der Waals surface area contributed by atoms with Crippen LogP contribution in [0.25, 0.3) is 0 Å². The van der Waals surface area contributed by atoms with Crippen molar-refractivity contribution in [1.29, 1.82) is 0 Å². The van der Waals surface area contributed by atoms with E-state index in [9.17, 15) is 121 Å². The first-order valence-corrected chi connectivity index (χ1v) is 51.1. The fourth-order valence-electron chi connectivity index (χ4n) is 15.2. The fraction of sp³-hybridized carbons (Fsp3) is 0.783. The molecule has 46 N–H and O–H groups in total. The third-order valence-corrected chi connectivity index (χ3v) is 23.8. The zero-order valence-electron chi connectivity index (χ0n) is 84.2. The highest BCUT2D eigenvalue weighted by atomic mass is 16.4. The van der Waals surface area contributed by atoms with Gasteiger partial charge in [0.05, 0.1) is 6.04 Å². The number of amides is 15. The second-order valence-corrected chi connectivity index (χ2v) is 36.0. The van der Waals surface area contributed by atoms with E-state index in [0.29, 0.717) is 77.0 Å². The van der Waals surface area contributed by atoms with Gasteiger partial charge in [-0.1, -0.05) is 0 Å². The highest BCUT2D eigenvalue weighted by molar-refractivity contribution is 6.01. The lowest BCUT2D eigenvalue weighted by atomic mass is 10.0. The van der Waals surface area contributed by atoms with Crippen molar-refractivity contribution < 1.29 is 121 Å². The summed E-state index contributed by atoms with van der Waals surface area (Å²) in [4.78, 5) is 278. The molecule has 0 aromatic carbocycles. The summed E-state index contributed by atoms with van der Waals surface area (Å²) in [7, 11) is 0. The van der Waals surface area contributed by atoms with Gasteiger partial charge in [0, 0.05) is 25.7 Å². The average molecular weight is 2070 g/mol. The minimum absolute atomic E-state index is 0.0207. The van der Waals surface area contributed by atoms with E-state index >= 15 is 0 Å². The van der Waals surface area contributed by atoms with Crippen LogP contribution in [0, 0.1) is 0 Å². The standard InChI is InChI=1S/C92H174N28O25/c93-45-13-1-25-58(106-77(129)57(105)37-41-73(121)122)78(130)107-59(26-2-14-46-94)79(131)108-60(27-3-15-47-95)80(132)110-63(30-6-18-50-98)83(135)113-66(33-9-21-53-101)86(138)118-71(40-44-76(127)128)91(143)119-70(39-43-75(125)126)90(142)116-67(34-10-22-54-102)87(139)117-69(38-42-74(123)124)89(141)115-65(32-8-20-52-100)85(137)112-62(29-5-17-49-97)82(134)109-61(28-4-16-48-96)81(133)111-64(31-7-19-51-99)84(136)114-68(35-11-23-55-103)88(140)120-72(92(144)145)36-12-24-56-104/h57-72H,1-56,93-105H2,(H,106,129)(H,107,130)(H,108,131)(H,109,134)(H,110,132)(H,111,133)(H,112,137)(H,113,135)(H,114,136)(H,115,141)(H,116,142)(H,117,139)(H,118,138)(H,119,143)(H,120,140)(H,121,122)(H,123,124)(H,125,126)(H,127,128)(H,144,145)/t57-,58-,59-,60-,61-,62-,63-,64-,65-,66-,67-,68-,69-,70-,71-,72-/m0/s1. The van der Waals surface area contributed by atoms with E-state index in [1.165, 1.54) is 0 Å². The zero-order valence-corrected chi connectivity index (χ0v) is 84.2. The number of hydrogen-bond acceptors (Lipinski definition) is 33. The first-order valence-electron chi connectivity index (χ1n) is 51.1. The molecule has 0 saturated heterocycles. The summed E-state index contributed by atoms with van der Waals surface area (Å²) in [5.41, 5.74) is 75.8. The molecular formula is C92H174N28O25. The van der Waals surface area contributed by atoms with E-state index in [-0.39, 0.29) is 239 Å². The molecule has 0 saturated carbocycles. The number of aliphatic carboxylic acids is 5. The number of hydrogen-bond donors (Lipinski definition) is 33. The largest absolute Gasteiger partial charge is 0.481 e. The number of rotatable bonds is 91. The molecule has 16 atom stereocenters. The van der Waals surface area contributed by atoms with Crippen LogP contribution in [-0.2, 0) is 95.9 Å². The van der Waals surface area contributed by atoms with Gasteiger partial charge in [0.15, 0.2) is 0 Å². The summed E-state index contributed by atoms with van der Waals surface area (Å²) < 4.78 is 0. The van der Waals surface area contributed by atoms with Gasteiger partial charge in [0.2, 0.25) is 88.6 Å². The number of carboxylic acids is 5. The maximum atomic E-state index is 14.9. The Kier molecular flexibility index (Phi) is 75.7. The SMILES string of the molecule is NCCCC[C@H](NC(=O)[C@H](CCCCN)NC(=O)[C@H](CCCCN)NC(=O)[C@H](CCCCN)NC(=O)[C@H](CCCCN)NC(=O)[C@H](CCCCN)NC(=O)[C@H](CCC(=O)O)NC(=O)[C@H](CCCCN)NC(=O)[C@H](CCC(=O)O)NC(=O)[C@H](CCC(=O)O)NC(=O)[C@H](CCCCN)NC(=O)[C@H](CCCCN)NC(=O)[C@H](CCCCN)NC(=O)[C@H](CCCCN)NC(=O)[C@H](CCCCN)NC(=O)[C@@H](N)CCC(=O)O)C(=O)O. The van der Waals surface area contributed by atoms with E-state index in [0.717, 1.165) is 0 Å². The average Bonchev–Trinajstić information content (AvgIpc) is 0.850. The molecule has 0 aliphatic carbocycles. The Balaban J connectivity index is 7.82. The Morgan fingerprint density at radius 2 is 0.248 bits per heavy atom. The smallest absolute Gasteiger partial charge is 0.326 e. The number of nitrogens with one attached hydrogen (secondary N) is 15. The summed E-state index contributed by atoms with van der Waals surface area (Å²) in [6.45, 7) is 1.90. The lowest BCUT2D eigenvalue weighted by Crippen LogP contribution is -2.61. The molecule has 0 spiro atoms. The van der Waals surface area contributed by atoms with Crippen molar-refractivity contribution in [3.8, 4) is 0 Å². The van der Waals surface area contributed by atoms with E-state index in [2.05, 4.69) is 79.8 Å². The van der Waals surface area contributed by atoms with Gasteiger partial charge < -0.3 is 180 Å². The molecule has 53 heteroatoms. The number of unbranched alkanes of at least 4 members (excludes halogenated alkanes) is 12. The van der Waals surface area contributed by atoms with Crippen molar-refractivity contribution in [2.45, 2.75) is 379 Å². The topological polar surface area (TPSA) is 961 Å². The molecule has 15 amide bonds. The number of carbonyl (C=O) groups excluding carboxylic acids is 15. The summed E-state index contributed by atoms with van der Waals surface area (Å²) in [6, 6.07) is -24.5. The van der Waals surface area contributed by atoms with Crippen molar-refractivity contribution in [1.82, 2.24) is 79.8 Å². The van der Waals surface area contributed by atoms with Crippen molar-refractivity contribution >= 4 is 118 Å². The van der Waals surface area contributed by atoms with Crippen LogP contribution in [0.5, 0.6) is 0 Å². The van der Waals surface area contributed by atoms with Crippen LogP contribution in [0.1, 0.15) is 283 Å². The van der Waals surface area contributed by atoms with Crippen LogP contribution >= 0.6 is 0 Å². The Labute approximate surface area is 848 Å². The van der Waals surface area contributed by atoms with Gasteiger partial charge in [-0.2, -0.15) is 0 Å². The van der Waals surface area contributed by atoms with Crippen LogP contribution in [0.15, 0.2) is 0 Å². The second-order valence-electron chi connectivity index (χ2n) is 36.0. The Morgan fingerprint density at radius 3 is 0.366 bits per heavy atom. The van der Waals surface area contributed by atoms with Gasteiger partial charge in [0.25, 0.3) is 0 Å². The van der Waals surface area contributed by atoms with Crippen LogP contribution in [0.4, 0.5) is 0 Å². The van der Waals surface area contributed by atoms with E-state index in [4.69, 9.17) is 74.5 Å². The third-order valence-electron chi connectivity index (χ3n) is 23.8. The molecule has 0 aromatic rings. The van der Waals surface area contributed by atoms with Gasteiger partial charge in [-0.25, -0.2) is 4.79 Å². The molecule has 0 unspecified atom stereocenters. The monoisotopic (exact) mass is 2070 g/mol. The van der Waals surface area contributed by atoms with Gasteiger partial charge in [-0.3, -0.25) is 91.1 Å².